The highest BCUT2D eigenvalue weighted by molar-refractivity contribution is 4.64. The first-order valence-corrected chi connectivity index (χ1v) is 3.25. The molecule has 0 amide bonds. The number of hydrogen-bond donors (Lipinski definition) is 1. The van der Waals surface area contributed by atoms with Crippen molar-refractivity contribution in [3.05, 3.63) is 0 Å². The summed E-state index contributed by atoms with van der Waals surface area (Å²) in [5.41, 5.74) is 5.61. The van der Waals surface area contributed by atoms with E-state index in [2.05, 4.69) is 0 Å². The van der Waals surface area contributed by atoms with Gasteiger partial charge in [-0.05, 0) is 12.8 Å². The monoisotopic (exact) mass is 131 g/mol. The summed E-state index contributed by atoms with van der Waals surface area (Å²) in [6.07, 6.45) is 3.01. The van der Waals surface area contributed by atoms with Crippen LogP contribution in [0.15, 0.2) is 0 Å². The third-order valence-corrected chi connectivity index (χ3v) is 1.61. The van der Waals surface area contributed by atoms with Crippen LogP contribution in [0.25, 0.3) is 0 Å². The first kappa shape index (κ1) is 6.99. The lowest BCUT2D eigenvalue weighted by Gasteiger charge is -2.31. The van der Waals surface area contributed by atoms with Crippen LogP contribution in [-0.2, 0) is 9.47 Å². The number of ether oxygens (including phenoxy) is 2. The standard InChI is InChI=1S/C6H13NO2/c1-8-6(7)4-2-3-5-9-6/h2-5,7H2,1H3. The Balaban J connectivity index is 2.37. The van der Waals surface area contributed by atoms with Crippen molar-refractivity contribution in [1.82, 2.24) is 0 Å². The molecule has 1 atom stereocenters. The molecule has 1 aliphatic rings. The summed E-state index contributed by atoms with van der Waals surface area (Å²) >= 11 is 0. The number of rotatable bonds is 1. The molecule has 1 rings (SSSR count). The lowest BCUT2D eigenvalue weighted by molar-refractivity contribution is -0.238. The number of hydrogen-bond acceptors (Lipinski definition) is 3. The summed E-state index contributed by atoms with van der Waals surface area (Å²) in [6.45, 7) is 0.727. The minimum atomic E-state index is -0.780. The maximum absolute atomic E-state index is 5.61. The molecule has 0 aromatic rings. The van der Waals surface area contributed by atoms with E-state index in [4.69, 9.17) is 15.2 Å². The van der Waals surface area contributed by atoms with Crippen molar-refractivity contribution >= 4 is 0 Å². The van der Waals surface area contributed by atoms with Gasteiger partial charge in [0.1, 0.15) is 0 Å². The van der Waals surface area contributed by atoms with Gasteiger partial charge in [0.25, 0.3) is 0 Å². The van der Waals surface area contributed by atoms with E-state index in [1.807, 2.05) is 0 Å². The van der Waals surface area contributed by atoms with Gasteiger partial charge in [0.2, 0.25) is 5.91 Å². The molecule has 1 unspecified atom stereocenters. The van der Waals surface area contributed by atoms with Gasteiger partial charge >= 0.3 is 0 Å². The summed E-state index contributed by atoms with van der Waals surface area (Å²) < 4.78 is 10.1. The van der Waals surface area contributed by atoms with Crippen LogP contribution in [0.1, 0.15) is 19.3 Å². The van der Waals surface area contributed by atoms with Crippen LogP contribution in [0.5, 0.6) is 0 Å². The number of methoxy groups -OCH3 is 1. The van der Waals surface area contributed by atoms with Crippen molar-refractivity contribution in [1.29, 1.82) is 0 Å². The van der Waals surface area contributed by atoms with Gasteiger partial charge in [-0.1, -0.05) is 0 Å². The van der Waals surface area contributed by atoms with E-state index < -0.39 is 5.91 Å². The Morgan fingerprint density at radius 2 is 2.33 bits per heavy atom. The Morgan fingerprint density at radius 1 is 1.56 bits per heavy atom. The van der Waals surface area contributed by atoms with E-state index >= 15 is 0 Å². The molecule has 3 nitrogen and oxygen atoms in total. The minimum Gasteiger partial charge on any atom is -0.341 e. The van der Waals surface area contributed by atoms with Crippen LogP contribution in [0, 0.1) is 0 Å². The first-order valence-electron chi connectivity index (χ1n) is 3.25. The van der Waals surface area contributed by atoms with E-state index in [9.17, 15) is 0 Å². The molecule has 0 radical (unpaired) electrons. The molecule has 9 heavy (non-hydrogen) atoms. The normalized spacial score (nSPS) is 36.7. The van der Waals surface area contributed by atoms with Crippen molar-refractivity contribution in [2.24, 2.45) is 5.73 Å². The predicted molar refractivity (Wildman–Crippen MR) is 33.7 cm³/mol. The van der Waals surface area contributed by atoms with Crippen LogP contribution in [-0.4, -0.2) is 19.6 Å². The smallest absolute Gasteiger partial charge is 0.224 e. The molecule has 1 fully saturated rings. The topological polar surface area (TPSA) is 44.5 Å². The van der Waals surface area contributed by atoms with Gasteiger partial charge in [-0.15, -0.1) is 0 Å². The lowest BCUT2D eigenvalue weighted by Crippen LogP contribution is -2.46. The van der Waals surface area contributed by atoms with Gasteiger partial charge in [-0.25, -0.2) is 0 Å². The molecule has 2 N–H and O–H groups in total. The number of nitrogens with two attached hydrogens (primary N) is 1. The largest absolute Gasteiger partial charge is 0.341 e. The quantitative estimate of drug-likeness (QED) is 0.525. The second-order valence-electron chi connectivity index (χ2n) is 2.32. The highest BCUT2D eigenvalue weighted by atomic mass is 16.7. The molecule has 1 saturated heterocycles. The van der Waals surface area contributed by atoms with Crippen LogP contribution in [0.3, 0.4) is 0 Å². The molecule has 0 spiro atoms. The Bertz CT molecular complexity index is 89.1. The van der Waals surface area contributed by atoms with Crippen molar-refractivity contribution < 1.29 is 9.47 Å². The van der Waals surface area contributed by atoms with E-state index in [1.165, 1.54) is 0 Å². The second-order valence-corrected chi connectivity index (χ2v) is 2.32. The second kappa shape index (κ2) is 2.64. The zero-order valence-corrected chi connectivity index (χ0v) is 5.72. The zero-order valence-electron chi connectivity index (χ0n) is 5.72. The summed E-state index contributed by atoms with van der Waals surface area (Å²) in [5, 5.41) is 0. The zero-order chi connectivity index (χ0) is 6.74. The first-order chi connectivity index (χ1) is 4.27. The van der Waals surface area contributed by atoms with E-state index in [-0.39, 0.29) is 0 Å². The third-order valence-electron chi connectivity index (χ3n) is 1.61. The Kier molecular flexibility index (Phi) is 2.05. The van der Waals surface area contributed by atoms with Gasteiger partial charge in [-0.3, -0.25) is 5.73 Å². The van der Waals surface area contributed by atoms with Crippen molar-refractivity contribution in [2.45, 2.75) is 25.2 Å². The van der Waals surface area contributed by atoms with Gasteiger partial charge in [0, 0.05) is 13.5 Å². The van der Waals surface area contributed by atoms with E-state index in [0.29, 0.717) is 0 Å². The van der Waals surface area contributed by atoms with Crippen molar-refractivity contribution in [3.8, 4) is 0 Å². The van der Waals surface area contributed by atoms with Crippen molar-refractivity contribution in [2.75, 3.05) is 13.7 Å². The summed E-state index contributed by atoms with van der Waals surface area (Å²) in [6, 6.07) is 0. The molecule has 0 aromatic carbocycles. The molecule has 0 bridgehead atoms. The molecular weight excluding hydrogens is 118 g/mol. The Hall–Kier alpha value is -0.120. The fraction of sp³-hybridized carbons (Fsp3) is 1.00. The van der Waals surface area contributed by atoms with Gasteiger partial charge in [0.05, 0.1) is 6.61 Å². The molecule has 0 aliphatic carbocycles. The van der Waals surface area contributed by atoms with Crippen LogP contribution in [0.2, 0.25) is 0 Å². The average molecular weight is 131 g/mol. The lowest BCUT2D eigenvalue weighted by atomic mass is 10.1. The fourth-order valence-electron chi connectivity index (χ4n) is 0.952. The average Bonchev–Trinajstić information content (AvgIpc) is 1.90. The summed E-state index contributed by atoms with van der Waals surface area (Å²) in [4.78, 5) is 0. The highest BCUT2D eigenvalue weighted by Gasteiger charge is 2.27. The van der Waals surface area contributed by atoms with Gasteiger partial charge < -0.3 is 9.47 Å². The molecule has 0 aromatic heterocycles. The van der Waals surface area contributed by atoms with Crippen LogP contribution >= 0.6 is 0 Å². The SMILES string of the molecule is COC1(N)CCCCO1. The van der Waals surface area contributed by atoms with Crippen LogP contribution in [0.4, 0.5) is 0 Å². The van der Waals surface area contributed by atoms with Gasteiger partial charge in [0.15, 0.2) is 0 Å². The summed E-state index contributed by atoms with van der Waals surface area (Å²) in [7, 11) is 1.57. The van der Waals surface area contributed by atoms with E-state index in [1.54, 1.807) is 7.11 Å². The molecule has 1 heterocycles. The van der Waals surface area contributed by atoms with Crippen molar-refractivity contribution in [3.63, 3.8) is 0 Å². The van der Waals surface area contributed by atoms with E-state index in [0.717, 1.165) is 25.9 Å². The van der Waals surface area contributed by atoms with Gasteiger partial charge in [-0.2, -0.15) is 0 Å². The Morgan fingerprint density at radius 3 is 2.67 bits per heavy atom. The predicted octanol–water partition coefficient (Wildman–Crippen LogP) is 0.446. The summed E-state index contributed by atoms with van der Waals surface area (Å²) in [5.74, 6) is -0.780. The third kappa shape index (κ3) is 1.64. The highest BCUT2D eigenvalue weighted by Crippen LogP contribution is 2.19. The Labute approximate surface area is 55.1 Å². The fourth-order valence-corrected chi connectivity index (χ4v) is 0.952. The molecule has 3 heteroatoms. The maximum atomic E-state index is 5.61. The molecular formula is C6H13NO2. The molecule has 0 saturated carbocycles. The molecule has 54 valence electrons. The van der Waals surface area contributed by atoms with Crippen LogP contribution < -0.4 is 5.73 Å². The molecule has 1 aliphatic heterocycles. The maximum Gasteiger partial charge on any atom is 0.224 e. The minimum absolute atomic E-state index is 0.727.